The average Bonchev–Trinajstić information content (AvgIpc) is 3.01. The van der Waals surface area contributed by atoms with Crippen LogP contribution in [0.4, 0.5) is 0 Å². The number of rotatable bonds is 10. The lowest BCUT2D eigenvalue weighted by molar-refractivity contribution is -0.299. The van der Waals surface area contributed by atoms with Gasteiger partial charge in [0.25, 0.3) is 0 Å². The van der Waals surface area contributed by atoms with Crippen molar-refractivity contribution in [1.29, 1.82) is 5.26 Å². The Morgan fingerprint density at radius 1 is 1.08 bits per heavy atom. The molecule has 0 aromatic carbocycles. The van der Waals surface area contributed by atoms with Gasteiger partial charge in [-0.3, -0.25) is 9.69 Å². The molecule has 13 nitrogen and oxygen atoms in total. The van der Waals surface area contributed by atoms with E-state index >= 15 is 0 Å². The van der Waals surface area contributed by atoms with Crippen LogP contribution in [0.25, 0.3) is 0 Å². The van der Waals surface area contributed by atoms with Crippen LogP contribution in [0.2, 0.25) is 0 Å². The molecular formula is C35H66N4O9. The number of likely N-dealkylation sites (N-methyl/N-ethyl adjacent to an activating group) is 1. The second-order valence-electron chi connectivity index (χ2n) is 15.2. The summed E-state index contributed by atoms with van der Waals surface area (Å²) in [5.41, 5.74) is -3.36. The van der Waals surface area contributed by atoms with Gasteiger partial charge in [-0.2, -0.15) is 5.26 Å². The molecular weight excluding hydrogens is 620 g/mol. The van der Waals surface area contributed by atoms with Gasteiger partial charge in [-0.1, -0.05) is 20.8 Å². The SMILES string of the molecule is CC[C@H]1OC(=O)[C@H](C)[C@@H](O)[C@H](C)[C@@H](O[C@@H]2O[C@H](C)C[C@H](N(C)C)[C@H]2O)[C@](C)(O)C[C@@H](C)CN(CCCNCCC#N)[C@H](C)[C@@H](O)[C@]1(C)O. The van der Waals surface area contributed by atoms with E-state index in [0.29, 0.717) is 45.4 Å². The maximum Gasteiger partial charge on any atom is 0.311 e. The van der Waals surface area contributed by atoms with Crippen molar-refractivity contribution in [3.05, 3.63) is 0 Å². The molecule has 2 rings (SSSR count). The molecule has 2 fully saturated rings. The van der Waals surface area contributed by atoms with E-state index in [1.54, 1.807) is 20.8 Å². The number of aliphatic hydroxyl groups is 5. The van der Waals surface area contributed by atoms with E-state index in [-0.39, 0.29) is 30.9 Å². The molecule has 2 heterocycles. The summed E-state index contributed by atoms with van der Waals surface area (Å²) < 4.78 is 18.3. The fraction of sp³-hybridized carbons (Fsp3) is 0.943. The zero-order valence-electron chi connectivity index (χ0n) is 31.0. The van der Waals surface area contributed by atoms with Crippen LogP contribution in [0.1, 0.15) is 87.5 Å². The smallest absolute Gasteiger partial charge is 0.311 e. The minimum Gasteiger partial charge on any atom is -0.459 e. The lowest BCUT2D eigenvalue weighted by Gasteiger charge is -2.46. The van der Waals surface area contributed by atoms with Gasteiger partial charge >= 0.3 is 5.97 Å². The second-order valence-corrected chi connectivity index (χ2v) is 15.2. The number of carbonyl (C=O) groups excluding carboxylic acids is 1. The first-order valence-corrected chi connectivity index (χ1v) is 17.8. The molecule has 0 bridgehead atoms. The maximum atomic E-state index is 13.5. The molecule has 0 aromatic heterocycles. The first-order valence-electron chi connectivity index (χ1n) is 17.8. The van der Waals surface area contributed by atoms with Gasteiger partial charge in [-0.25, -0.2) is 0 Å². The Balaban J connectivity index is 2.53. The number of esters is 1. The van der Waals surface area contributed by atoms with Gasteiger partial charge in [0.1, 0.15) is 23.9 Å². The third-order valence-electron chi connectivity index (χ3n) is 10.5. The van der Waals surface area contributed by atoms with Crippen molar-refractivity contribution >= 4 is 5.97 Å². The highest BCUT2D eigenvalue weighted by Crippen LogP contribution is 2.36. The van der Waals surface area contributed by atoms with E-state index in [2.05, 4.69) is 16.3 Å². The second kappa shape index (κ2) is 18.7. The topological polar surface area (TPSA) is 188 Å². The van der Waals surface area contributed by atoms with Crippen LogP contribution in [0.15, 0.2) is 0 Å². The summed E-state index contributed by atoms with van der Waals surface area (Å²) in [6, 6.07) is 1.30. The van der Waals surface area contributed by atoms with Crippen molar-refractivity contribution in [1.82, 2.24) is 15.1 Å². The molecule has 6 N–H and O–H groups in total. The lowest BCUT2D eigenvalue weighted by Crippen LogP contribution is -2.59. The molecule has 0 saturated carbocycles. The van der Waals surface area contributed by atoms with E-state index < -0.39 is 71.9 Å². The molecule has 0 amide bonds. The zero-order chi connectivity index (χ0) is 36.6. The van der Waals surface area contributed by atoms with Gasteiger partial charge in [0, 0.05) is 37.5 Å². The van der Waals surface area contributed by atoms with Gasteiger partial charge in [0.05, 0.1) is 35.9 Å². The largest absolute Gasteiger partial charge is 0.459 e. The standard InChI is InChI=1S/C35H66N4O9/c1-11-27-35(8,45)30(42)25(6)39(17-13-16-37-15-12-14-36)20-21(2)19-34(7,44)31(23(4)28(40)24(5)32(43)47-27)48-33-29(41)26(38(9)10)18-22(3)46-33/h21-31,33,37,40-42,44-45H,11-13,15-20H2,1-10H3/t21-,22-,23+,24-,25-,26+,27-,28+,29-,30-,31-,33+,34-,35-/m1/s1. The van der Waals surface area contributed by atoms with Gasteiger partial charge < -0.3 is 50.0 Å². The fourth-order valence-corrected chi connectivity index (χ4v) is 7.58. The summed E-state index contributed by atoms with van der Waals surface area (Å²) in [6.45, 7) is 16.0. The van der Waals surface area contributed by atoms with Crippen molar-refractivity contribution in [2.24, 2.45) is 17.8 Å². The first kappa shape index (κ1) is 42.7. The van der Waals surface area contributed by atoms with Gasteiger partial charge in [-0.05, 0) is 93.4 Å². The molecule has 0 aliphatic carbocycles. The van der Waals surface area contributed by atoms with E-state index in [1.165, 1.54) is 13.8 Å². The maximum absolute atomic E-state index is 13.5. The molecule has 2 saturated heterocycles. The van der Waals surface area contributed by atoms with E-state index in [9.17, 15) is 30.3 Å². The van der Waals surface area contributed by atoms with Crippen LogP contribution in [0.3, 0.4) is 0 Å². The highest BCUT2D eigenvalue weighted by molar-refractivity contribution is 5.73. The number of cyclic esters (lactones) is 1. The number of nitriles is 1. The molecule has 14 atom stereocenters. The highest BCUT2D eigenvalue weighted by Gasteiger charge is 2.50. The summed E-state index contributed by atoms with van der Waals surface area (Å²) in [7, 11) is 3.75. The Labute approximate surface area is 288 Å². The summed E-state index contributed by atoms with van der Waals surface area (Å²) in [6.07, 6.45) is -4.97. The van der Waals surface area contributed by atoms with E-state index in [0.717, 1.165) is 0 Å². The van der Waals surface area contributed by atoms with Crippen LogP contribution in [0, 0.1) is 29.1 Å². The number of aliphatic hydroxyl groups excluding tert-OH is 3. The molecule has 48 heavy (non-hydrogen) atoms. The van der Waals surface area contributed by atoms with Crippen LogP contribution in [-0.4, -0.2) is 148 Å². The summed E-state index contributed by atoms with van der Waals surface area (Å²) in [5, 5.41) is 70.4. The Hall–Kier alpha value is -1.44. The molecule has 0 unspecified atom stereocenters. The average molecular weight is 687 g/mol. The Bertz CT molecular complexity index is 1020. The minimum atomic E-state index is -1.81. The number of hydrogen-bond donors (Lipinski definition) is 6. The van der Waals surface area contributed by atoms with Crippen molar-refractivity contribution in [2.75, 3.05) is 40.3 Å². The number of nitrogens with one attached hydrogen (secondary N) is 1. The molecule has 2 aliphatic heterocycles. The van der Waals surface area contributed by atoms with Crippen LogP contribution >= 0.6 is 0 Å². The fourth-order valence-electron chi connectivity index (χ4n) is 7.58. The zero-order valence-corrected chi connectivity index (χ0v) is 31.0. The summed E-state index contributed by atoms with van der Waals surface area (Å²) in [5.74, 6) is -2.79. The van der Waals surface area contributed by atoms with Crippen LogP contribution in [0.5, 0.6) is 0 Å². The quantitative estimate of drug-likeness (QED) is 0.142. The highest BCUT2D eigenvalue weighted by atomic mass is 16.7. The number of ether oxygens (including phenoxy) is 3. The van der Waals surface area contributed by atoms with Gasteiger partial charge in [0.15, 0.2) is 6.29 Å². The van der Waals surface area contributed by atoms with Gasteiger partial charge in [0.2, 0.25) is 0 Å². The molecule has 0 radical (unpaired) electrons. The molecule has 0 spiro atoms. The van der Waals surface area contributed by atoms with Gasteiger partial charge in [-0.15, -0.1) is 0 Å². The third-order valence-corrected chi connectivity index (χ3v) is 10.5. The first-order chi connectivity index (χ1) is 22.3. The summed E-state index contributed by atoms with van der Waals surface area (Å²) >= 11 is 0. The predicted molar refractivity (Wildman–Crippen MR) is 182 cm³/mol. The third kappa shape index (κ3) is 11.0. The number of carbonyl (C=O) groups is 1. The molecule has 13 heteroatoms. The van der Waals surface area contributed by atoms with Crippen LogP contribution < -0.4 is 5.32 Å². The van der Waals surface area contributed by atoms with Crippen molar-refractivity contribution in [2.45, 2.75) is 154 Å². The normalized spacial score (nSPS) is 42.9. The Kier molecular flexibility index (Phi) is 16.6. The monoisotopic (exact) mass is 686 g/mol. The Morgan fingerprint density at radius 3 is 2.31 bits per heavy atom. The number of hydrogen-bond acceptors (Lipinski definition) is 13. The van der Waals surface area contributed by atoms with Crippen molar-refractivity contribution in [3.8, 4) is 6.07 Å². The predicted octanol–water partition coefficient (Wildman–Crippen LogP) is 1.24. The van der Waals surface area contributed by atoms with Crippen molar-refractivity contribution < 1.29 is 44.5 Å². The lowest BCUT2D eigenvalue weighted by atomic mass is 9.78. The molecule has 280 valence electrons. The van der Waals surface area contributed by atoms with E-state index in [1.807, 2.05) is 39.8 Å². The van der Waals surface area contributed by atoms with Crippen molar-refractivity contribution in [3.63, 3.8) is 0 Å². The molecule has 2 aliphatic rings. The Morgan fingerprint density at radius 2 is 1.73 bits per heavy atom. The number of nitrogens with zero attached hydrogens (tertiary/aromatic N) is 3. The molecule has 0 aromatic rings. The minimum absolute atomic E-state index is 0.158. The van der Waals surface area contributed by atoms with E-state index in [4.69, 9.17) is 19.5 Å². The van der Waals surface area contributed by atoms with Crippen LogP contribution in [-0.2, 0) is 19.0 Å². The summed E-state index contributed by atoms with van der Waals surface area (Å²) in [4.78, 5) is 17.5.